The Morgan fingerprint density at radius 3 is 2.88 bits per heavy atom. The van der Waals surface area contributed by atoms with Crippen molar-refractivity contribution in [2.45, 2.75) is 26.4 Å². The third kappa shape index (κ3) is 3.09. The van der Waals surface area contributed by atoms with Gasteiger partial charge in [-0.25, -0.2) is 15.0 Å². The minimum absolute atomic E-state index is 0.105. The van der Waals surface area contributed by atoms with Crippen molar-refractivity contribution in [3.8, 4) is 17.1 Å². The summed E-state index contributed by atoms with van der Waals surface area (Å²) in [5.74, 6) is 0.814. The standard InChI is InChI=1S/C19H19N5O2/c1-12-3-2-4-13(17(12)25)9-24-6-5-15-16(10-24)22-18(23-19(15)26)14-7-20-11-21-8-14/h2-4,7-8,11,25H,5-6,9-10H2,1H3,(H,22,23,26). The number of rotatable bonds is 3. The highest BCUT2D eigenvalue weighted by molar-refractivity contribution is 5.52. The van der Waals surface area contributed by atoms with Crippen molar-refractivity contribution >= 4 is 0 Å². The average Bonchev–Trinajstić information content (AvgIpc) is 2.66. The molecule has 1 aliphatic rings. The number of para-hydroxylation sites is 1. The lowest BCUT2D eigenvalue weighted by Gasteiger charge is -2.28. The van der Waals surface area contributed by atoms with Crippen molar-refractivity contribution in [2.75, 3.05) is 6.54 Å². The minimum Gasteiger partial charge on any atom is -0.507 e. The first-order chi connectivity index (χ1) is 12.6. The monoisotopic (exact) mass is 349 g/mol. The van der Waals surface area contributed by atoms with Gasteiger partial charge in [0, 0.05) is 43.2 Å². The van der Waals surface area contributed by atoms with Crippen molar-refractivity contribution in [3.63, 3.8) is 0 Å². The molecule has 0 saturated heterocycles. The SMILES string of the molecule is Cc1cccc(CN2CCc3c(nc(-c4cncnc4)[nH]c3=O)C2)c1O. The molecular formula is C19H19N5O2. The summed E-state index contributed by atoms with van der Waals surface area (Å²) in [6.45, 7) is 3.82. The van der Waals surface area contributed by atoms with E-state index in [-0.39, 0.29) is 5.56 Å². The molecule has 0 aliphatic carbocycles. The molecule has 0 amide bonds. The van der Waals surface area contributed by atoms with E-state index in [1.54, 1.807) is 12.4 Å². The predicted octanol–water partition coefficient (Wildman–Crippen LogP) is 1.80. The van der Waals surface area contributed by atoms with Gasteiger partial charge in [0.1, 0.15) is 17.9 Å². The average molecular weight is 349 g/mol. The van der Waals surface area contributed by atoms with Crippen LogP contribution in [0.5, 0.6) is 5.75 Å². The Labute approximate surface area is 150 Å². The number of hydrogen-bond acceptors (Lipinski definition) is 6. The second-order valence-corrected chi connectivity index (χ2v) is 6.51. The molecule has 0 saturated carbocycles. The highest BCUT2D eigenvalue weighted by Crippen LogP contribution is 2.25. The molecule has 0 unspecified atom stereocenters. The summed E-state index contributed by atoms with van der Waals surface area (Å²) in [6, 6.07) is 5.76. The molecule has 1 aromatic carbocycles. The molecule has 2 N–H and O–H groups in total. The van der Waals surface area contributed by atoms with Crippen LogP contribution in [0, 0.1) is 6.92 Å². The van der Waals surface area contributed by atoms with Crippen LogP contribution in [-0.2, 0) is 19.5 Å². The number of aromatic nitrogens is 4. The number of fused-ring (bicyclic) bond motifs is 1. The van der Waals surface area contributed by atoms with Crippen LogP contribution in [0.25, 0.3) is 11.4 Å². The molecule has 4 rings (SSSR count). The fourth-order valence-electron chi connectivity index (χ4n) is 3.28. The molecule has 132 valence electrons. The van der Waals surface area contributed by atoms with E-state index in [9.17, 15) is 9.90 Å². The van der Waals surface area contributed by atoms with Gasteiger partial charge in [-0.1, -0.05) is 18.2 Å². The van der Waals surface area contributed by atoms with E-state index in [1.165, 1.54) is 6.33 Å². The van der Waals surface area contributed by atoms with Crippen molar-refractivity contribution < 1.29 is 5.11 Å². The second-order valence-electron chi connectivity index (χ2n) is 6.51. The summed E-state index contributed by atoms with van der Waals surface area (Å²) >= 11 is 0. The van der Waals surface area contributed by atoms with Gasteiger partial charge < -0.3 is 10.1 Å². The summed E-state index contributed by atoms with van der Waals surface area (Å²) < 4.78 is 0. The van der Waals surface area contributed by atoms with E-state index in [0.717, 1.165) is 28.9 Å². The van der Waals surface area contributed by atoms with Crippen LogP contribution in [0.15, 0.2) is 41.7 Å². The summed E-state index contributed by atoms with van der Waals surface area (Å²) in [7, 11) is 0. The van der Waals surface area contributed by atoms with E-state index in [1.807, 2.05) is 25.1 Å². The van der Waals surface area contributed by atoms with Gasteiger partial charge in [-0.15, -0.1) is 0 Å². The Hall–Kier alpha value is -3.06. The maximum atomic E-state index is 12.4. The summed E-state index contributed by atoms with van der Waals surface area (Å²) in [6.07, 6.45) is 5.33. The normalized spacial score (nSPS) is 14.2. The predicted molar refractivity (Wildman–Crippen MR) is 96.5 cm³/mol. The van der Waals surface area contributed by atoms with Crippen molar-refractivity contribution in [1.29, 1.82) is 0 Å². The number of aromatic amines is 1. The fraction of sp³-hybridized carbons (Fsp3) is 0.263. The van der Waals surface area contributed by atoms with Gasteiger partial charge in [0.05, 0.1) is 11.3 Å². The van der Waals surface area contributed by atoms with E-state index < -0.39 is 0 Å². The van der Waals surface area contributed by atoms with Crippen LogP contribution < -0.4 is 5.56 Å². The molecule has 2 aromatic heterocycles. The van der Waals surface area contributed by atoms with Crippen LogP contribution >= 0.6 is 0 Å². The minimum atomic E-state index is -0.105. The fourth-order valence-corrected chi connectivity index (χ4v) is 3.28. The van der Waals surface area contributed by atoms with E-state index in [0.29, 0.717) is 36.6 Å². The van der Waals surface area contributed by atoms with Gasteiger partial charge in [0.15, 0.2) is 0 Å². The van der Waals surface area contributed by atoms with E-state index >= 15 is 0 Å². The Bertz CT molecular complexity index is 1000. The van der Waals surface area contributed by atoms with Gasteiger partial charge in [0.2, 0.25) is 0 Å². The van der Waals surface area contributed by atoms with E-state index in [2.05, 4.69) is 24.8 Å². The molecule has 3 aromatic rings. The van der Waals surface area contributed by atoms with Gasteiger partial charge in [-0.3, -0.25) is 9.69 Å². The second kappa shape index (κ2) is 6.68. The number of H-pyrrole nitrogens is 1. The van der Waals surface area contributed by atoms with Crippen molar-refractivity contribution in [2.24, 2.45) is 0 Å². The number of aryl methyl sites for hydroxylation is 1. The Morgan fingerprint density at radius 2 is 2.08 bits per heavy atom. The van der Waals surface area contributed by atoms with Gasteiger partial charge >= 0.3 is 0 Å². The molecule has 0 fully saturated rings. The summed E-state index contributed by atoms with van der Waals surface area (Å²) in [5.41, 5.74) is 3.82. The van der Waals surface area contributed by atoms with Gasteiger partial charge in [0.25, 0.3) is 5.56 Å². The molecule has 26 heavy (non-hydrogen) atoms. The number of nitrogens with zero attached hydrogens (tertiary/aromatic N) is 4. The Kier molecular flexibility index (Phi) is 4.22. The first-order valence-corrected chi connectivity index (χ1v) is 8.49. The highest BCUT2D eigenvalue weighted by atomic mass is 16.3. The zero-order valence-electron chi connectivity index (χ0n) is 14.4. The molecule has 0 radical (unpaired) electrons. The van der Waals surface area contributed by atoms with Gasteiger partial charge in [-0.2, -0.15) is 0 Å². The Balaban J connectivity index is 1.63. The van der Waals surface area contributed by atoms with Crippen LogP contribution in [0.4, 0.5) is 0 Å². The molecule has 0 atom stereocenters. The lowest BCUT2D eigenvalue weighted by molar-refractivity contribution is 0.237. The molecule has 0 spiro atoms. The van der Waals surface area contributed by atoms with Crippen LogP contribution in [0.3, 0.4) is 0 Å². The molecule has 0 bridgehead atoms. The summed E-state index contributed by atoms with van der Waals surface area (Å²) in [4.78, 5) is 30.0. The molecule has 1 aliphatic heterocycles. The highest BCUT2D eigenvalue weighted by Gasteiger charge is 2.22. The number of phenols is 1. The molecular weight excluding hydrogens is 330 g/mol. The maximum absolute atomic E-state index is 12.4. The summed E-state index contributed by atoms with van der Waals surface area (Å²) in [5, 5.41) is 10.2. The first kappa shape index (κ1) is 16.4. The van der Waals surface area contributed by atoms with Crippen LogP contribution in [-0.4, -0.2) is 36.5 Å². The number of aromatic hydroxyl groups is 1. The zero-order valence-corrected chi connectivity index (χ0v) is 14.4. The van der Waals surface area contributed by atoms with Crippen molar-refractivity contribution in [3.05, 3.63) is 69.7 Å². The molecule has 7 heteroatoms. The van der Waals surface area contributed by atoms with E-state index in [4.69, 9.17) is 0 Å². The van der Waals surface area contributed by atoms with Crippen LogP contribution in [0.1, 0.15) is 22.4 Å². The number of benzene rings is 1. The lowest BCUT2D eigenvalue weighted by atomic mass is 10.0. The topological polar surface area (TPSA) is 95.0 Å². The Morgan fingerprint density at radius 1 is 1.27 bits per heavy atom. The van der Waals surface area contributed by atoms with Crippen LogP contribution in [0.2, 0.25) is 0 Å². The quantitative estimate of drug-likeness (QED) is 0.749. The lowest BCUT2D eigenvalue weighted by Crippen LogP contribution is -2.35. The molecule has 7 nitrogen and oxygen atoms in total. The largest absolute Gasteiger partial charge is 0.507 e. The zero-order chi connectivity index (χ0) is 18.1. The number of phenolic OH excluding ortho intramolecular Hbond substituents is 1. The third-order valence-electron chi connectivity index (χ3n) is 4.70. The van der Waals surface area contributed by atoms with Crippen molar-refractivity contribution in [1.82, 2.24) is 24.8 Å². The first-order valence-electron chi connectivity index (χ1n) is 8.49. The van der Waals surface area contributed by atoms with Gasteiger partial charge in [-0.05, 0) is 18.9 Å². The smallest absolute Gasteiger partial charge is 0.254 e. The number of hydrogen-bond donors (Lipinski definition) is 2. The maximum Gasteiger partial charge on any atom is 0.254 e. The third-order valence-corrected chi connectivity index (χ3v) is 4.70. The molecule has 3 heterocycles. The number of nitrogens with one attached hydrogen (secondary N) is 1.